The van der Waals surface area contributed by atoms with Crippen molar-refractivity contribution in [3.63, 3.8) is 0 Å². The molecule has 1 unspecified atom stereocenters. The first-order chi connectivity index (χ1) is 9.61. The van der Waals surface area contributed by atoms with Crippen molar-refractivity contribution in [3.8, 4) is 5.75 Å². The minimum absolute atomic E-state index is 0.0549. The fraction of sp³-hybridized carbons (Fsp3) is 0.500. The van der Waals surface area contributed by atoms with E-state index >= 15 is 0 Å². The molecule has 1 saturated heterocycles. The lowest BCUT2D eigenvalue weighted by molar-refractivity contribution is 0.233. The molecule has 0 aromatic heterocycles. The van der Waals surface area contributed by atoms with Crippen LogP contribution in [-0.2, 0) is 0 Å². The van der Waals surface area contributed by atoms with Gasteiger partial charge in [0.25, 0.3) is 0 Å². The van der Waals surface area contributed by atoms with Gasteiger partial charge in [-0.2, -0.15) is 0 Å². The molecule has 3 N–H and O–H groups in total. The zero-order chi connectivity index (χ0) is 14.5. The zero-order valence-electron chi connectivity index (χ0n) is 11.6. The molecule has 1 aromatic carbocycles. The zero-order valence-corrected chi connectivity index (χ0v) is 13.1. The average molecular weight is 342 g/mol. The van der Waals surface area contributed by atoms with Gasteiger partial charge in [0, 0.05) is 10.5 Å². The van der Waals surface area contributed by atoms with Crippen LogP contribution in [0.25, 0.3) is 0 Å². The van der Waals surface area contributed by atoms with Gasteiger partial charge in [-0.05, 0) is 51.1 Å². The Hall–Kier alpha value is -1.27. The predicted octanol–water partition coefficient (Wildman–Crippen LogP) is 2.41. The van der Waals surface area contributed by atoms with Crippen molar-refractivity contribution in [1.29, 1.82) is 0 Å². The van der Waals surface area contributed by atoms with Crippen LogP contribution in [0, 0.1) is 0 Å². The summed E-state index contributed by atoms with van der Waals surface area (Å²) in [5.74, 6) is 0.698. The molecule has 0 bridgehead atoms. The van der Waals surface area contributed by atoms with Gasteiger partial charge in [-0.25, -0.2) is 0 Å². The molecule has 1 fully saturated rings. The highest BCUT2D eigenvalue weighted by atomic mass is 79.9. The SMILES string of the molecule is CN1CCCC1CCOc1ccc(Br)cc1/C(N)=N/O. The number of amidine groups is 1. The van der Waals surface area contributed by atoms with E-state index in [1.54, 1.807) is 6.07 Å². The molecule has 20 heavy (non-hydrogen) atoms. The fourth-order valence-electron chi connectivity index (χ4n) is 2.53. The summed E-state index contributed by atoms with van der Waals surface area (Å²) >= 11 is 3.37. The second-order valence-electron chi connectivity index (χ2n) is 5.04. The molecular formula is C14H20BrN3O2. The second kappa shape index (κ2) is 6.95. The molecule has 1 aromatic rings. The molecule has 2 rings (SSSR count). The van der Waals surface area contributed by atoms with Crippen molar-refractivity contribution in [2.45, 2.75) is 25.3 Å². The molecule has 0 amide bonds. The first kappa shape index (κ1) is 15.1. The van der Waals surface area contributed by atoms with Crippen LogP contribution >= 0.6 is 15.9 Å². The molecule has 1 aliphatic heterocycles. The first-order valence-corrected chi connectivity index (χ1v) is 7.51. The van der Waals surface area contributed by atoms with E-state index in [9.17, 15) is 0 Å². The van der Waals surface area contributed by atoms with E-state index in [2.05, 4.69) is 33.0 Å². The van der Waals surface area contributed by atoms with Gasteiger partial charge in [-0.1, -0.05) is 21.1 Å². The van der Waals surface area contributed by atoms with Crippen molar-refractivity contribution >= 4 is 21.8 Å². The first-order valence-electron chi connectivity index (χ1n) is 6.72. The van der Waals surface area contributed by atoms with Crippen LogP contribution in [0.4, 0.5) is 0 Å². The van der Waals surface area contributed by atoms with Crippen molar-refractivity contribution in [3.05, 3.63) is 28.2 Å². The molecule has 0 radical (unpaired) electrons. The van der Waals surface area contributed by atoms with E-state index in [4.69, 9.17) is 15.7 Å². The highest BCUT2D eigenvalue weighted by Crippen LogP contribution is 2.24. The second-order valence-corrected chi connectivity index (χ2v) is 5.96. The summed E-state index contributed by atoms with van der Waals surface area (Å²) in [4.78, 5) is 2.37. The van der Waals surface area contributed by atoms with E-state index in [0.717, 1.165) is 17.4 Å². The summed E-state index contributed by atoms with van der Waals surface area (Å²) in [6.45, 7) is 1.79. The van der Waals surface area contributed by atoms with Crippen molar-refractivity contribution in [2.24, 2.45) is 10.9 Å². The van der Waals surface area contributed by atoms with Crippen molar-refractivity contribution < 1.29 is 9.94 Å². The third kappa shape index (κ3) is 3.64. The summed E-state index contributed by atoms with van der Waals surface area (Å²) in [5.41, 5.74) is 6.27. The lowest BCUT2D eigenvalue weighted by Crippen LogP contribution is -2.26. The van der Waals surface area contributed by atoms with Crippen LogP contribution in [-0.4, -0.2) is 42.2 Å². The third-order valence-electron chi connectivity index (χ3n) is 3.71. The van der Waals surface area contributed by atoms with E-state index in [-0.39, 0.29) is 5.84 Å². The van der Waals surface area contributed by atoms with Gasteiger partial charge in [0.05, 0.1) is 12.2 Å². The minimum atomic E-state index is 0.0549. The Morgan fingerprint density at radius 3 is 3.05 bits per heavy atom. The van der Waals surface area contributed by atoms with Crippen LogP contribution in [0.2, 0.25) is 0 Å². The monoisotopic (exact) mass is 341 g/mol. The molecule has 5 nitrogen and oxygen atoms in total. The van der Waals surface area contributed by atoms with Gasteiger partial charge in [0.2, 0.25) is 0 Å². The van der Waals surface area contributed by atoms with Gasteiger partial charge < -0.3 is 20.6 Å². The van der Waals surface area contributed by atoms with Gasteiger partial charge >= 0.3 is 0 Å². The molecule has 110 valence electrons. The van der Waals surface area contributed by atoms with Crippen LogP contribution in [0.15, 0.2) is 27.8 Å². The largest absolute Gasteiger partial charge is 0.493 e. The number of halogens is 1. The fourth-order valence-corrected chi connectivity index (χ4v) is 2.89. The summed E-state index contributed by atoms with van der Waals surface area (Å²) in [7, 11) is 2.15. The number of benzene rings is 1. The maximum absolute atomic E-state index is 8.82. The number of nitrogens with two attached hydrogens (primary N) is 1. The summed E-state index contributed by atoms with van der Waals surface area (Å²) in [6.07, 6.45) is 3.48. The maximum Gasteiger partial charge on any atom is 0.173 e. The Kier molecular flexibility index (Phi) is 5.25. The predicted molar refractivity (Wildman–Crippen MR) is 82.4 cm³/mol. The molecule has 1 aliphatic rings. The van der Waals surface area contributed by atoms with Gasteiger partial charge in [0.15, 0.2) is 5.84 Å². The quantitative estimate of drug-likeness (QED) is 0.373. The number of oxime groups is 1. The summed E-state index contributed by atoms with van der Waals surface area (Å²) in [6, 6.07) is 6.09. The molecule has 0 saturated carbocycles. The van der Waals surface area contributed by atoms with E-state index in [1.165, 1.54) is 12.8 Å². The molecule has 1 atom stereocenters. The third-order valence-corrected chi connectivity index (χ3v) is 4.20. The number of hydrogen-bond acceptors (Lipinski definition) is 4. The minimum Gasteiger partial charge on any atom is -0.493 e. The van der Waals surface area contributed by atoms with Crippen LogP contribution < -0.4 is 10.5 Å². The topological polar surface area (TPSA) is 71.1 Å². The number of nitrogens with zero attached hydrogens (tertiary/aromatic N) is 2. The lowest BCUT2D eigenvalue weighted by atomic mass is 10.1. The molecule has 1 heterocycles. The molecular weight excluding hydrogens is 322 g/mol. The summed E-state index contributed by atoms with van der Waals surface area (Å²) in [5, 5.41) is 11.9. The van der Waals surface area contributed by atoms with Gasteiger partial charge in [-0.3, -0.25) is 0 Å². The maximum atomic E-state index is 8.82. The van der Waals surface area contributed by atoms with E-state index < -0.39 is 0 Å². The Morgan fingerprint density at radius 2 is 2.40 bits per heavy atom. The molecule has 0 aliphatic carbocycles. The van der Waals surface area contributed by atoms with Gasteiger partial charge in [0.1, 0.15) is 5.75 Å². The molecule has 6 heteroatoms. The highest BCUT2D eigenvalue weighted by Gasteiger charge is 2.20. The van der Waals surface area contributed by atoms with Crippen LogP contribution in [0.5, 0.6) is 5.75 Å². The smallest absolute Gasteiger partial charge is 0.173 e. The normalized spacial score (nSPS) is 20.3. The van der Waals surface area contributed by atoms with E-state index in [1.807, 2.05) is 12.1 Å². The number of likely N-dealkylation sites (tertiary alicyclic amines) is 1. The number of rotatable bonds is 5. The highest BCUT2D eigenvalue weighted by molar-refractivity contribution is 9.10. The summed E-state index contributed by atoms with van der Waals surface area (Å²) < 4.78 is 6.67. The number of ether oxygens (including phenoxy) is 1. The van der Waals surface area contributed by atoms with Crippen molar-refractivity contribution in [1.82, 2.24) is 4.90 Å². The lowest BCUT2D eigenvalue weighted by Gasteiger charge is -2.19. The average Bonchev–Trinajstić information content (AvgIpc) is 2.85. The van der Waals surface area contributed by atoms with Crippen LogP contribution in [0.1, 0.15) is 24.8 Å². The van der Waals surface area contributed by atoms with Crippen LogP contribution in [0.3, 0.4) is 0 Å². The Balaban J connectivity index is 1.98. The Morgan fingerprint density at radius 1 is 1.60 bits per heavy atom. The Labute approximate surface area is 127 Å². The molecule has 0 spiro atoms. The van der Waals surface area contributed by atoms with Crippen molar-refractivity contribution in [2.75, 3.05) is 20.2 Å². The standard InChI is InChI=1S/C14H20BrN3O2/c1-18-7-2-3-11(18)6-8-20-13-5-4-10(15)9-12(13)14(16)17-19/h4-5,9,11,19H,2-3,6-8H2,1H3,(H2,16,17). The van der Waals surface area contributed by atoms with Gasteiger partial charge in [-0.15, -0.1) is 0 Å². The number of hydrogen-bond donors (Lipinski definition) is 2. The Bertz CT molecular complexity index is 493. The van der Waals surface area contributed by atoms with E-state index in [0.29, 0.717) is 24.0 Å².